The van der Waals surface area contributed by atoms with Crippen LogP contribution < -0.4 is 0 Å². The second kappa shape index (κ2) is 1.80. The number of aryl methyl sites for hydroxylation is 1. The van der Waals surface area contributed by atoms with Gasteiger partial charge < -0.3 is 4.40 Å². The highest BCUT2D eigenvalue weighted by molar-refractivity contribution is 5.34. The topological polar surface area (TPSA) is 30.2 Å². The Bertz CT molecular complexity index is 350. The van der Waals surface area contributed by atoms with Crippen molar-refractivity contribution in [3.63, 3.8) is 0 Å². The number of rotatable bonds is 0. The van der Waals surface area contributed by atoms with E-state index in [-0.39, 0.29) is 0 Å². The van der Waals surface area contributed by atoms with Crippen LogP contribution in [0.2, 0.25) is 0 Å². The Morgan fingerprint density at radius 2 is 2.50 bits per heavy atom. The Hall–Kier alpha value is -1.38. The van der Waals surface area contributed by atoms with Gasteiger partial charge in [0.05, 0.1) is 11.9 Å². The second-order valence-corrected chi connectivity index (χ2v) is 2.16. The number of aromatic nitrogens is 3. The van der Waals surface area contributed by atoms with E-state index >= 15 is 0 Å². The van der Waals surface area contributed by atoms with E-state index in [4.69, 9.17) is 0 Å². The quantitative estimate of drug-likeness (QED) is 0.531. The van der Waals surface area contributed by atoms with Crippen molar-refractivity contribution in [2.45, 2.75) is 6.92 Å². The monoisotopic (exact) mass is 132 g/mol. The fourth-order valence-corrected chi connectivity index (χ4v) is 0.874. The van der Waals surface area contributed by atoms with Crippen LogP contribution in [-0.2, 0) is 0 Å². The molecule has 0 atom stereocenters. The summed E-state index contributed by atoms with van der Waals surface area (Å²) in [7, 11) is 0. The van der Waals surface area contributed by atoms with Gasteiger partial charge in [-0.05, 0) is 6.92 Å². The Morgan fingerprint density at radius 1 is 1.60 bits per heavy atom. The average Bonchev–Trinajstić information content (AvgIpc) is 2.33. The lowest BCUT2D eigenvalue weighted by Gasteiger charge is -1.92. The molecule has 49 valence electrons. The van der Waals surface area contributed by atoms with E-state index < -0.39 is 0 Å². The molecule has 3 heteroatoms. The Labute approximate surface area is 58.4 Å². The van der Waals surface area contributed by atoms with Gasteiger partial charge >= 0.3 is 0 Å². The molecule has 0 fully saturated rings. The van der Waals surface area contributed by atoms with Gasteiger partial charge in [0.1, 0.15) is 6.20 Å². The van der Waals surface area contributed by atoms with Crippen molar-refractivity contribution >= 4 is 5.65 Å². The molecule has 3 nitrogen and oxygen atoms in total. The molecule has 0 N–H and O–H groups in total. The molecule has 1 radical (unpaired) electrons. The number of hydrogen-bond donors (Lipinski definition) is 0. The lowest BCUT2D eigenvalue weighted by molar-refractivity contribution is 1.07. The molecular weight excluding hydrogens is 126 g/mol. The number of fused-ring (bicyclic) bond motifs is 1. The highest BCUT2D eigenvalue weighted by Crippen LogP contribution is 1.97. The summed E-state index contributed by atoms with van der Waals surface area (Å²) in [6.45, 7) is 1.94. The van der Waals surface area contributed by atoms with E-state index in [2.05, 4.69) is 16.2 Å². The number of hydrogen-bond acceptors (Lipinski definition) is 2. The smallest absolute Gasteiger partial charge is 0.156 e. The fourth-order valence-electron chi connectivity index (χ4n) is 0.874. The SMILES string of the molecule is Cc1cn2c[c]nc2cn1. The first-order valence-corrected chi connectivity index (χ1v) is 3.04. The molecular formula is C7H6N3. The summed E-state index contributed by atoms with van der Waals surface area (Å²) < 4.78 is 1.89. The summed E-state index contributed by atoms with van der Waals surface area (Å²) in [5.41, 5.74) is 1.82. The Balaban J connectivity index is 2.86. The minimum absolute atomic E-state index is 0.839. The average molecular weight is 132 g/mol. The van der Waals surface area contributed by atoms with Gasteiger partial charge in [0.15, 0.2) is 5.65 Å². The van der Waals surface area contributed by atoms with Crippen molar-refractivity contribution in [3.8, 4) is 0 Å². The molecule has 10 heavy (non-hydrogen) atoms. The maximum Gasteiger partial charge on any atom is 0.156 e. The van der Waals surface area contributed by atoms with Crippen molar-refractivity contribution < 1.29 is 0 Å². The third-order valence-corrected chi connectivity index (χ3v) is 1.35. The lowest BCUT2D eigenvalue weighted by Crippen LogP contribution is -1.87. The predicted octanol–water partition coefficient (Wildman–Crippen LogP) is 0.838. The molecule has 2 heterocycles. The molecule has 0 aliphatic rings. The molecule has 0 aromatic carbocycles. The van der Waals surface area contributed by atoms with Crippen LogP contribution in [0.25, 0.3) is 5.65 Å². The largest absolute Gasteiger partial charge is 0.303 e. The summed E-state index contributed by atoms with van der Waals surface area (Å²) in [6, 6.07) is 0. The molecule has 0 unspecified atom stereocenters. The van der Waals surface area contributed by atoms with Crippen LogP contribution in [0, 0.1) is 13.1 Å². The van der Waals surface area contributed by atoms with Gasteiger partial charge in [0.2, 0.25) is 0 Å². The fraction of sp³-hybridized carbons (Fsp3) is 0.143. The van der Waals surface area contributed by atoms with Crippen LogP contribution in [0.5, 0.6) is 0 Å². The third kappa shape index (κ3) is 0.673. The van der Waals surface area contributed by atoms with Gasteiger partial charge in [-0.25, -0.2) is 4.98 Å². The van der Waals surface area contributed by atoms with Crippen molar-refractivity contribution in [1.29, 1.82) is 0 Å². The molecule has 0 saturated heterocycles. The van der Waals surface area contributed by atoms with Crippen LogP contribution in [0.4, 0.5) is 0 Å². The van der Waals surface area contributed by atoms with Crippen molar-refractivity contribution in [2.24, 2.45) is 0 Å². The Morgan fingerprint density at radius 3 is 3.40 bits per heavy atom. The molecule has 0 amide bonds. The number of nitrogens with zero attached hydrogens (tertiary/aromatic N) is 3. The highest BCUT2D eigenvalue weighted by Gasteiger charge is 1.91. The zero-order valence-corrected chi connectivity index (χ0v) is 5.57. The summed E-state index contributed by atoms with van der Waals surface area (Å²) in [6.07, 6.45) is 8.16. The number of imidazole rings is 1. The van der Waals surface area contributed by atoms with Crippen LogP contribution >= 0.6 is 0 Å². The molecule has 0 saturated carbocycles. The first-order valence-electron chi connectivity index (χ1n) is 3.04. The first-order chi connectivity index (χ1) is 4.86. The van der Waals surface area contributed by atoms with Crippen LogP contribution in [-0.4, -0.2) is 14.4 Å². The van der Waals surface area contributed by atoms with Gasteiger partial charge in [-0.3, -0.25) is 4.98 Å². The standard InChI is InChI=1S/C7H6N3/c1-6-5-10-3-2-8-7(10)4-9-6/h3-5H,1H3. The van der Waals surface area contributed by atoms with Crippen LogP contribution in [0.1, 0.15) is 5.69 Å². The second-order valence-electron chi connectivity index (χ2n) is 2.16. The summed E-state index contributed by atoms with van der Waals surface area (Å²) in [5.74, 6) is 0. The van der Waals surface area contributed by atoms with Gasteiger partial charge in [0.25, 0.3) is 0 Å². The zero-order valence-electron chi connectivity index (χ0n) is 5.57. The summed E-state index contributed by atoms with van der Waals surface area (Å²) in [5, 5.41) is 0. The van der Waals surface area contributed by atoms with Crippen molar-refractivity contribution in [3.05, 3.63) is 30.5 Å². The maximum absolute atomic E-state index is 4.08. The molecule has 0 bridgehead atoms. The van der Waals surface area contributed by atoms with Gasteiger partial charge in [-0.1, -0.05) is 0 Å². The van der Waals surface area contributed by atoms with Gasteiger partial charge in [-0.2, -0.15) is 0 Å². The molecule has 2 rings (SSSR count). The van der Waals surface area contributed by atoms with E-state index in [0.717, 1.165) is 11.3 Å². The lowest BCUT2D eigenvalue weighted by atomic mass is 10.5. The van der Waals surface area contributed by atoms with Gasteiger partial charge in [0, 0.05) is 12.4 Å². The third-order valence-electron chi connectivity index (χ3n) is 1.35. The molecule has 0 aliphatic carbocycles. The normalized spacial score (nSPS) is 10.5. The molecule has 2 aromatic rings. The predicted molar refractivity (Wildman–Crippen MR) is 36.6 cm³/mol. The van der Waals surface area contributed by atoms with E-state index in [9.17, 15) is 0 Å². The maximum atomic E-state index is 4.08. The summed E-state index contributed by atoms with van der Waals surface area (Å²) in [4.78, 5) is 8.01. The van der Waals surface area contributed by atoms with Gasteiger partial charge in [-0.15, -0.1) is 0 Å². The highest BCUT2D eigenvalue weighted by atomic mass is 15.0. The Kier molecular flexibility index (Phi) is 0.974. The van der Waals surface area contributed by atoms with Crippen LogP contribution in [0.15, 0.2) is 18.6 Å². The molecule has 2 aromatic heterocycles. The van der Waals surface area contributed by atoms with E-state index in [0.29, 0.717) is 0 Å². The molecule has 0 aliphatic heterocycles. The molecule has 0 spiro atoms. The van der Waals surface area contributed by atoms with E-state index in [1.807, 2.05) is 17.5 Å². The summed E-state index contributed by atoms with van der Waals surface area (Å²) >= 11 is 0. The minimum atomic E-state index is 0.839. The first kappa shape index (κ1) is 5.41. The van der Waals surface area contributed by atoms with Crippen molar-refractivity contribution in [1.82, 2.24) is 14.4 Å². The van der Waals surface area contributed by atoms with E-state index in [1.165, 1.54) is 0 Å². The minimum Gasteiger partial charge on any atom is -0.303 e. The van der Waals surface area contributed by atoms with Crippen molar-refractivity contribution in [2.75, 3.05) is 0 Å². The van der Waals surface area contributed by atoms with Crippen LogP contribution in [0.3, 0.4) is 0 Å². The van der Waals surface area contributed by atoms with E-state index in [1.54, 1.807) is 12.4 Å². The zero-order chi connectivity index (χ0) is 6.97.